The highest BCUT2D eigenvalue weighted by Crippen LogP contribution is 2.21. The van der Waals surface area contributed by atoms with Crippen LogP contribution in [-0.4, -0.2) is 23.3 Å². The van der Waals surface area contributed by atoms with Gasteiger partial charge in [-0.1, -0.05) is 36.7 Å². The van der Waals surface area contributed by atoms with Crippen LogP contribution in [0.2, 0.25) is 5.02 Å². The van der Waals surface area contributed by atoms with Crippen LogP contribution in [0.3, 0.4) is 0 Å². The molecule has 4 heteroatoms. The van der Waals surface area contributed by atoms with E-state index in [0.29, 0.717) is 6.04 Å². The Bertz CT molecular complexity index is 533. The zero-order valence-electron chi connectivity index (χ0n) is 12.3. The third-order valence-electron chi connectivity index (χ3n) is 3.20. The molecule has 1 aromatic heterocycles. The van der Waals surface area contributed by atoms with Gasteiger partial charge in [0.1, 0.15) is 0 Å². The molecule has 0 fully saturated rings. The van der Waals surface area contributed by atoms with Crippen LogP contribution in [0.15, 0.2) is 53.7 Å². The first-order chi connectivity index (χ1) is 10.3. The molecule has 0 aliphatic rings. The molecule has 2 rings (SSSR count). The lowest BCUT2D eigenvalue weighted by atomic mass is 10.1. The number of nitrogens with one attached hydrogen (secondary N) is 1. The van der Waals surface area contributed by atoms with Crippen molar-refractivity contribution in [2.24, 2.45) is 0 Å². The van der Waals surface area contributed by atoms with Gasteiger partial charge in [-0.25, -0.2) is 0 Å². The molecule has 1 unspecified atom stereocenters. The van der Waals surface area contributed by atoms with E-state index in [1.165, 1.54) is 4.90 Å². The number of benzene rings is 1. The molecular weight excluding hydrogens is 300 g/mol. The van der Waals surface area contributed by atoms with Crippen molar-refractivity contribution in [3.8, 4) is 0 Å². The first-order valence-electron chi connectivity index (χ1n) is 7.29. The molecule has 2 nitrogen and oxygen atoms in total. The van der Waals surface area contributed by atoms with Gasteiger partial charge >= 0.3 is 0 Å². The van der Waals surface area contributed by atoms with Gasteiger partial charge in [0.2, 0.25) is 0 Å². The van der Waals surface area contributed by atoms with E-state index in [0.717, 1.165) is 35.7 Å². The van der Waals surface area contributed by atoms with Gasteiger partial charge in [-0.15, -0.1) is 11.8 Å². The topological polar surface area (TPSA) is 24.9 Å². The van der Waals surface area contributed by atoms with E-state index in [4.69, 9.17) is 11.6 Å². The second-order valence-corrected chi connectivity index (χ2v) is 6.45. The second-order valence-electron chi connectivity index (χ2n) is 4.95. The summed E-state index contributed by atoms with van der Waals surface area (Å²) in [7, 11) is 0. The third-order valence-corrected chi connectivity index (χ3v) is 4.72. The Labute approximate surface area is 136 Å². The Morgan fingerprint density at radius 3 is 2.76 bits per heavy atom. The predicted molar refractivity (Wildman–Crippen MR) is 92.2 cm³/mol. The van der Waals surface area contributed by atoms with Gasteiger partial charge in [0.05, 0.1) is 5.02 Å². The zero-order chi connectivity index (χ0) is 14.9. The minimum absolute atomic E-state index is 0.412. The summed E-state index contributed by atoms with van der Waals surface area (Å²) < 4.78 is 0. The molecule has 0 amide bonds. The maximum atomic E-state index is 6.22. The summed E-state index contributed by atoms with van der Waals surface area (Å²) in [4.78, 5) is 5.36. The maximum absolute atomic E-state index is 6.22. The average Bonchev–Trinajstić information content (AvgIpc) is 2.53. The molecule has 0 saturated heterocycles. The Morgan fingerprint density at radius 2 is 2.05 bits per heavy atom. The largest absolute Gasteiger partial charge is 0.313 e. The first-order valence-corrected chi connectivity index (χ1v) is 8.65. The van der Waals surface area contributed by atoms with Gasteiger partial charge in [-0.3, -0.25) is 4.98 Å². The normalized spacial score (nSPS) is 12.3. The van der Waals surface area contributed by atoms with Crippen LogP contribution < -0.4 is 5.32 Å². The van der Waals surface area contributed by atoms with Crippen molar-refractivity contribution in [3.63, 3.8) is 0 Å². The first kappa shape index (κ1) is 16.3. The highest BCUT2D eigenvalue weighted by atomic mass is 35.5. The number of hydrogen-bond donors (Lipinski definition) is 1. The molecule has 0 aliphatic heterocycles. The monoisotopic (exact) mass is 320 g/mol. The molecule has 0 saturated carbocycles. The molecule has 1 atom stereocenters. The minimum Gasteiger partial charge on any atom is -0.313 e. The van der Waals surface area contributed by atoms with Crippen molar-refractivity contribution < 1.29 is 0 Å². The van der Waals surface area contributed by atoms with Gasteiger partial charge in [0.15, 0.2) is 0 Å². The number of nitrogens with zero attached hydrogens (tertiary/aromatic N) is 1. The molecular formula is C17H21ClN2S. The Morgan fingerprint density at radius 1 is 1.24 bits per heavy atom. The summed E-state index contributed by atoms with van der Waals surface area (Å²) in [5, 5.41) is 4.37. The Balaban J connectivity index is 1.96. The fourth-order valence-electron chi connectivity index (χ4n) is 2.09. The van der Waals surface area contributed by atoms with Crippen molar-refractivity contribution in [1.82, 2.24) is 10.3 Å². The van der Waals surface area contributed by atoms with Crippen LogP contribution in [0.5, 0.6) is 0 Å². The molecule has 0 spiro atoms. The van der Waals surface area contributed by atoms with E-state index < -0.39 is 0 Å². The number of hydrogen-bond acceptors (Lipinski definition) is 3. The summed E-state index contributed by atoms with van der Waals surface area (Å²) >= 11 is 8.11. The van der Waals surface area contributed by atoms with Crippen LogP contribution in [0.4, 0.5) is 0 Å². The van der Waals surface area contributed by atoms with E-state index in [9.17, 15) is 0 Å². The Kier molecular flexibility index (Phi) is 7.07. The molecule has 0 bridgehead atoms. The molecule has 2 aromatic rings. The van der Waals surface area contributed by atoms with Crippen LogP contribution in [0.1, 0.15) is 18.9 Å². The average molecular weight is 321 g/mol. The molecule has 0 radical (unpaired) electrons. The fourth-order valence-corrected chi connectivity index (χ4v) is 3.26. The number of aromatic nitrogens is 1. The van der Waals surface area contributed by atoms with Gasteiger partial charge in [0, 0.05) is 29.1 Å². The molecule has 0 aliphatic carbocycles. The molecule has 1 aromatic carbocycles. The maximum Gasteiger partial charge on any atom is 0.0621 e. The standard InChI is InChI=1S/C17H21ClN2S/c1-2-9-20-15(11-14-8-10-19-12-17(14)18)13-21-16-6-4-3-5-7-16/h3-8,10,12,15,20H,2,9,11,13H2,1H3. The van der Waals surface area contributed by atoms with E-state index in [1.54, 1.807) is 6.20 Å². The van der Waals surface area contributed by atoms with E-state index in [1.807, 2.05) is 30.1 Å². The predicted octanol–water partition coefficient (Wildman–Crippen LogP) is 4.44. The lowest BCUT2D eigenvalue weighted by Gasteiger charge is -2.19. The van der Waals surface area contributed by atoms with Gasteiger partial charge in [0.25, 0.3) is 0 Å². The highest BCUT2D eigenvalue weighted by molar-refractivity contribution is 7.99. The fraction of sp³-hybridized carbons (Fsp3) is 0.353. The number of halogens is 1. The lowest BCUT2D eigenvalue weighted by Crippen LogP contribution is -2.34. The van der Waals surface area contributed by atoms with E-state index in [2.05, 4.69) is 41.5 Å². The van der Waals surface area contributed by atoms with E-state index >= 15 is 0 Å². The molecule has 1 heterocycles. The van der Waals surface area contributed by atoms with Crippen molar-refractivity contribution in [2.75, 3.05) is 12.3 Å². The van der Waals surface area contributed by atoms with Gasteiger partial charge < -0.3 is 5.32 Å². The Hall–Kier alpha value is -1.03. The molecule has 1 N–H and O–H groups in total. The second kappa shape index (κ2) is 9.08. The van der Waals surface area contributed by atoms with Crippen LogP contribution in [-0.2, 0) is 6.42 Å². The summed E-state index contributed by atoms with van der Waals surface area (Å²) in [6.07, 6.45) is 5.60. The lowest BCUT2D eigenvalue weighted by molar-refractivity contribution is 0.550. The summed E-state index contributed by atoms with van der Waals surface area (Å²) in [5.74, 6) is 1.03. The van der Waals surface area contributed by atoms with E-state index in [-0.39, 0.29) is 0 Å². The van der Waals surface area contributed by atoms with Gasteiger partial charge in [-0.2, -0.15) is 0 Å². The van der Waals surface area contributed by atoms with Gasteiger partial charge in [-0.05, 0) is 43.1 Å². The molecule has 21 heavy (non-hydrogen) atoms. The minimum atomic E-state index is 0.412. The van der Waals surface area contributed by atoms with Crippen molar-refractivity contribution in [3.05, 3.63) is 59.4 Å². The van der Waals surface area contributed by atoms with Crippen LogP contribution in [0, 0.1) is 0 Å². The quantitative estimate of drug-likeness (QED) is 0.728. The summed E-state index contributed by atoms with van der Waals surface area (Å²) in [5.41, 5.74) is 1.16. The zero-order valence-corrected chi connectivity index (χ0v) is 13.8. The molecule has 112 valence electrons. The number of rotatable bonds is 8. The van der Waals surface area contributed by atoms with Crippen LogP contribution >= 0.6 is 23.4 Å². The number of pyridine rings is 1. The van der Waals surface area contributed by atoms with Crippen LogP contribution in [0.25, 0.3) is 0 Å². The third kappa shape index (κ3) is 5.70. The highest BCUT2D eigenvalue weighted by Gasteiger charge is 2.11. The summed E-state index contributed by atoms with van der Waals surface area (Å²) in [6, 6.07) is 12.9. The van der Waals surface area contributed by atoms with Crippen molar-refractivity contribution in [1.29, 1.82) is 0 Å². The smallest absolute Gasteiger partial charge is 0.0621 e. The summed E-state index contributed by atoms with van der Waals surface area (Å²) in [6.45, 7) is 3.22. The van der Waals surface area contributed by atoms with Crippen molar-refractivity contribution in [2.45, 2.75) is 30.7 Å². The SMILES string of the molecule is CCCNC(CSc1ccccc1)Cc1ccncc1Cl. The number of thioether (sulfide) groups is 1. The van der Waals surface area contributed by atoms with Crippen molar-refractivity contribution >= 4 is 23.4 Å².